The van der Waals surface area contributed by atoms with Gasteiger partial charge in [-0.2, -0.15) is 4.31 Å². The average Bonchev–Trinajstić information content (AvgIpc) is 3.18. The van der Waals surface area contributed by atoms with Gasteiger partial charge in [-0.25, -0.2) is 8.42 Å². The zero-order valence-corrected chi connectivity index (χ0v) is 20.1. The number of ether oxygens (including phenoxy) is 3. The molecule has 2 aromatic rings. The summed E-state index contributed by atoms with van der Waals surface area (Å²) in [5, 5.41) is 0. The third kappa shape index (κ3) is 4.37. The van der Waals surface area contributed by atoms with Crippen molar-refractivity contribution in [2.75, 3.05) is 0 Å². The molecule has 2 aliphatic heterocycles. The Morgan fingerprint density at radius 3 is 2.45 bits per heavy atom. The number of halogens is 1. The van der Waals surface area contributed by atoms with Gasteiger partial charge in [0.25, 0.3) is 0 Å². The van der Waals surface area contributed by atoms with Crippen LogP contribution in [0.3, 0.4) is 0 Å². The molecule has 8 heteroatoms. The highest BCUT2D eigenvalue weighted by molar-refractivity contribution is 9.10. The number of fused-ring (bicyclic) bond motifs is 1. The summed E-state index contributed by atoms with van der Waals surface area (Å²) in [6, 6.07) is 13.8. The van der Waals surface area contributed by atoms with Crippen LogP contribution in [-0.2, 0) is 30.8 Å². The lowest BCUT2D eigenvalue weighted by atomic mass is 10.1. The summed E-state index contributed by atoms with van der Waals surface area (Å²) < 4.78 is 48.0. The molecule has 166 valence electrons. The first-order chi connectivity index (χ1) is 14.6. The van der Waals surface area contributed by atoms with Crippen molar-refractivity contribution in [2.45, 2.75) is 62.5 Å². The van der Waals surface area contributed by atoms with Crippen LogP contribution in [0.4, 0.5) is 0 Å². The van der Waals surface area contributed by atoms with Crippen molar-refractivity contribution in [3.8, 4) is 0 Å². The molecular weight excluding hydrogens is 482 g/mol. The van der Waals surface area contributed by atoms with Crippen LogP contribution in [0.5, 0.6) is 0 Å². The van der Waals surface area contributed by atoms with E-state index in [1.165, 1.54) is 4.31 Å². The van der Waals surface area contributed by atoms with Crippen molar-refractivity contribution in [3.63, 3.8) is 0 Å². The molecule has 0 unspecified atom stereocenters. The largest absolute Gasteiger partial charge is 0.341 e. The molecule has 4 atom stereocenters. The van der Waals surface area contributed by atoms with Crippen LogP contribution in [0.2, 0.25) is 0 Å². The van der Waals surface area contributed by atoms with E-state index in [1.54, 1.807) is 44.2 Å². The van der Waals surface area contributed by atoms with Crippen LogP contribution >= 0.6 is 15.9 Å². The van der Waals surface area contributed by atoms with Gasteiger partial charge in [-0.05, 0) is 44.5 Å². The number of hydrogen-bond donors (Lipinski definition) is 0. The van der Waals surface area contributed by atoms with Crippen molar-refractivity contribution in [1.82, 2.24) is 4.31 Å². The molecule has 2 heterocycles. The van der Waals surface area contributed by atoms with Crippen LogP contribution in [0, 0.1) is 6.92 Å². The fourth-order valence-corrected chi connectivity index (χ4v) is 6.06. The Labute approximate surface area is 192 Å². The van der Waals surface area contributed by atoms with E-state index in [0.29, 0.717) is 0 Å². The van der Waals surface area contributed by atoms with Crippen LogP contribution in [0.25, 0.3) is 0 Å². The fraction of sp³-hybridized carbons (Fsp3) is 0.391. The molecule has 0 bridgehead atoms. The molecule has 0 aliphatic carbocycles. The monoisotopic (exact) mass is 507 g/mol. The van der Waals surface area contributed by atoms with Gasteiger partial charge >= 0.3 is 0 Å². The lowest BCUT2D eigenvalue weighted by Crippen LogP contribution is -2.50. The highest BCUT2D eigenvalue weighted by Crippen LogP contribution is 2.42. The van der Waals surface area contributed by atoms with Crippen molar-refractivity contribution < 1.29 is 22.6 Å². The minimum atomic E-state index is -3.89. The summed E-state index contributed by atoms with van der Waals surface area (Å²) in [5.41, 5.74) is 1.82. The van der Waals surface area contributed by atoms with Gasteiger partial charge in [0, 0.05) is 11.0 Å². The van der Waals surface area contributed by atoms with Gasteiger partial charge in [0.2, 0.25) is 10.0 Å². The van der Waals surface area contributed by atoms with Gasteiger partial charge in [-0.15, -0.1) is 6.58 Å². The van der Waals surface area contributed by atoms with E-state index in [2.05, 4.69) is 22.5 Å². The third-order valence-electron chi connectivity index (χ3n) is 5.53. The zero-order chi connectivity index (χ0) is 22.4. The molecule has 6 nitrogen and oxygen atoms in total. The first-order valence-electron chi connectivity index (χ1n) is 10.1. The second-order valence-electron chi connectivity index (χ2n) is 8.25. The summed E-state index contributed by atoms with van der Waals surface area (Å²) in [5.74, 6) is -0.869. The minimum absolute atomic E-state index is 0.142. The number of sulfonamides is 1. The second kappa shape index (κ2) is 8.42. The van der Waals surface area contributed by atoms with E-state index in [-0.39, 0.29) is 11.4 Å². The maximum atomic E-state index is 13.9. The molecule has 31 heavy (non-hydrogen) atoms. The van der Waals surface area contributed by atoms with E-state index in [1.807, 2.05) is 31.2 Å². The molecule has 2 aromatic carbocycles. The number of benzene rings is 2. The van der Waals surface area contributed by atoms with E-state index in [4.69, 9.17) is 14.2 Å². The van der Waals surface area contributed by atoms with E-state index < -0.39 is 40.4 Å². The van der Waals surface area contributed by atoms with Crippen molar-refractivity contribution >= 4 is 26.0 Å². The molecule has 0 radical (unpaired) electrons. The molecule has 4 rings (SSSR count). The lowest BCUT2D eigenvalue weighted by molar-refractivity contribution is -0.204. The number of hydrogen-bond acceptors (Lipinski definition) is 5. The highest BCUT2D eigenvalue weighted by atomic mass is 79.9. The van der Waals surface area contributed by atoms with Gasteiger partial charge in [0.05, 0.1) is 17.0 Å². The molecule has 2 fully saturated rings. The molecule has 0 spiro atoms. The van der Waals surface area contributed by atoms with Gasteiger partial charge in [0.15, 0.2) is 12.1 Å². The van der Waals surface area contributed by atoms with Gasteiger partial charge in [-0.1, -0.05) is 57.9 Å². The Morgan fingerprint density at radius 1 is 1.13 bits per heavy atom. The predicted octanol–water partition coefficient (Wildman–Crippen LogP) is 4.38. The summed E-state index contributed by atoms with van der Waals surface area (Å²) in [6.07, 6.45) is -0.215. The lowest BCUT2D eigenvalue weighted by Gasteiger charge is -2.33. The van der Waals surface area contributed by atoms with Crippen LogP contribution in [-0.4, -0.2) is 43.0 Å². The highest BCUT2D eigenvalue weighted by Gasteiger charge is 2.57. The number of aryl methyl sites for hydroxylation is 1. The van der Waals surface area contributed by atoms with E-state index >= 15 is 0 Å². The Kier molecular flexibility index (Phi) is 6.15. The molecule has 0 aromatic heterocycles. The summed E-state index contributed by atoms with van der Waals surface area (Å²) in [7, 11) is -3.89. The SMILES string of the molecule is C=C[C@H]1O[C@@H]2OC(C)(C)O[C@@H]2[C@H]1N(Cc1ccccc1Br)S(=O)(=O)c1ccc(C)cc1. The topological polar surface area (TPSA) is 65.1 Å². The van der Waals surface area contributed by atoms with Gasteiger partial charge in [0.1, 0.15) is 6.10 Å². The number of nitrogens with zero attached hydrogens (tertiary/aromatic N) is 1. The average molecular weight is 508 g/mol. The first kappa shape index (κ1) is 22.6. The molecule has 0 amide bonds. The molecular formula is C23H26BrNO5S. The maximum absolute atomic E-state index is 13.9. The van der Waals surface area contributed by atoms with Gasteiger partial charge < -0.3 is 14.2 Å². The van der Waals surface area contributed by atoms with Crippen molar-refractivity contribution in [2.24, 2.45) is 0 Å². The third-order valence-corrected chi connectivity index (χ3v) is 8.16. The van der Waals surface area contributed by atoms with E-state index in [9.17, 15) is 8.42 Å². The minimum Gasteiger partial charge on any atom is -0.341 e. The smallest absolute Gasteiger partial charge is 0.243 e. The van der Waals surface area contributed by atoms with E-state index in [0.717, 1.165) is 15.6 Å². The molecule has 0 N–H and O–H groups in total. The fourth-order valence-electron chi connectivity index (χ4n) is 4.03. The quantitative estimate of drug-likeness (QED) is 0.542. The standard InChI is InChI=1S/C23H26BrNO5S/c1-5-19-20(21-22(28-19)30-23(3,4)29-21)25(14-16-8-6-7-9-18(16)24)31(26,27)17-12-10-15(2)11-13-17/h5-13,19-22H,1,14H2,2-4H3/t19-,20+,21-,22-/m1/s1. The normalized spacial score (nSPS) is 27.4. The summed E-state index contributed by atoms with van der Waals surface area (Å²) in [4.78, 5) is 0.217. The van der Waals surface area contributed by atoms with Crippen LogP contribution in [0.1, 0.15) is 25.0 Å². The Bertz CT molecular complexity index is 1070. The van der Waals surface area contributed by atoms with Crippen molar-refractivity contribution in [1.29, 1.82) is 0 Å². The second-order valence-corrected chi connectivity index (χ2v) is 11.0. The Morgan fingerprint density at radius 2 is 1.81 bits per heavy atom. The summed E-state index contributed by atoms with van der Waals surface area (Å²) >= 11 is 3.54. The maximum Gasteiger partial charge on any atom is 0.243 e. The molecule has 2 aliphatic rings. The molecule has 0 saturated carbocycles. The first-order valence-corrected chi connectivity index (χ1v) is 12.3. The molecule has 2 saturated heterocycles. The van der Waals surface area contributed by atoms with Gasteiger partial charge in [-0.3, -0.25) is 0 Å². The van der Waals surface area contributed by atoms with Crippen LogP contribution in [0.15, 0.2) is 70.6 Å². The zero-order valence-electron chi connectivity index (χ0n) is 17.7. The predicted molar refractivity (Wildman–Crippen MR) is 121 cm³/mol. The summed E-state index contributed by atoms with van der Waals surface area (Å²) in [6.45, 7) is 9.51. The Balaban J connectivity index is 1.80. The van der Waals surface area contributed by atoms with Crippen molar-refractivity contribution in [3.05, 3.63) is 76.8 Å². The number of rotatable bonds is 6. The Hall–Kier alpha value is -1.55. The van der Waals surface area contributed by atoms with Crippen LogP contribution < -0.4 is 0 Å².